The lowest BCUT2D eigenvalue weighted by molar-refractivity contribution is -0.129. The number of H-pyrrole nitrogens is 1. The summed E-state index contributed by atoms with van der Waals surface area (Å²) in [5.41, 5.74) is -0.361. The molecule has 94 valence electrons. The molecular weight excluding hydrogens is 222 g/mol. The van der Waals surface area contributed by atoms with Crippen LogP contribution in [0, 0.1) is 0 Å². The summed E-state index contributed by atoms with van der Waals surface area (Å²) < 4.78 is 0.904. The molecule has 0 aliphatic carbocycles. The highest BCUT2D eigenvalue weighted by atomic mass is 16.2. The van der Waals surface area contributed by atoms with Gasteiger partial charge in [-0.15, -0.1) is 0 Å². The minimum atomic E-state index is -0.531. The predicted molar refractivity (Wildman–Crippen MR) is 64.0 cm³/mol. The first-order valence-corrected chi connectivity index (χ1v) is 5.49. The van der Waals surface area contributed by atoms with E-state index in [-0.39, 0.29) is 12.5 Å². The van der Waals surface area contributed by atoms with Gasteiger partial charge in [-0.3, -0.25) is 14.2 Å². The van der Waals surface area contributed by atoms with Crippen LogP contribution in [-0.4, -0.2) is 34.5 Å². The molecule has 0 radical (unpaired) electrons. The van der Waals surface area contributed by atoms with Gasteiger partial charge in [0, 0.05) is 25.9 Å². The molecule has 0 aliphatic heterocycles. The van der Waals surface area contributed by atoms with E-state index in [0.29, 0.717) is 12.1 Å². The van der Waals surface area contributed by atoms with E-state index >= 15 is 0 Å². The summed E-state index contributed by atoms with van der Waals surface area (Å²) in [6.07, 6.45) is 1.49. The Bertz CT molecular complexity index is 482. The van der Waals surface area contributed by atoms with Crippen LogP contribution in [0.1, 0.15) is 19.0 Å². The van der Waals surface area contributed by atoms with E-state index in [9.17, 15) is 14.4 Å². The maximum Gasteiger partial charge on any atom is 0.329 e. The van der Waals surface area contributed by atoms with Crippen LogP contribution in [0.3, 0.4) is 0 Å². The van der Waals surface area contributed by atoms with E-state index in [0.717, 1.165) is 11.0 Å². The second kappa shape index (κ2) is 5.47. The number of aryl methyl sites for hydroxylation is 1. The van der Waals surface area contributed by atoms with Gasteiger partial charge in [0.05, 0.1) is 0 Å². The minimum Gasteiger partial charge on any atom is -0.347 e. The number of rotatable bonds is 4. The van der Waals surface area contributed by atoms with Gasteiger partial charge in [-0.05, 0) is 6.42 Å². The number of nitrogens with zero attached hydrogens (tertiary/aromatic N) is 2. The molecule has 0 spiro atoms. The van der Waals surface area contributed by atoms with Crippen molar-refractivity contribution in [2.75, 3.05) is 14.1 Å². The molecule has 6 nitrogen and oxygen atoms in total. The van der Waals surface area contributed by atoms with E-state index in [1.165, 1.54) is 11.0 Å². The van der Waals surface area contributed by atoms with Gasteiger partial charge in [0.1, 0.15) is 6.54 Å². The van der Waals surface area contributed by atoms with Crippen molar-refractivity contribution in [3.05, 3.63) is 32.6 Å². The average molecular weight is 239 g/mol. The lowest BCUT2D eigenvalue weighted by Crippen LogP contribution is -2.40. The normalized spacial score (nSPS) is 10.3. The Hall–Kier alpha value is -1.85. The fraction of sp³-hybridized carbons (Fsp3) is 0.545. The summed E-state index contributed by atoms with van der Waals surface area (Å²) in [7, 11) is 3.15. The van der Waals surface area contributed by atoms with E-state index < -0.39 is 11.2 Å². The van der Waals surface area contributed by atoms with Gasteiger partial charge in [0.2, 0.25) is 5.91 Å². The van der Waals surface area contributed by atoms with Gasteiger partial charge in [0.15, 0.2) is 0 Å². The molecule has 6 heteroatoms. The first-order valence-electron chi connectivity index (χ1n) is 5.49. The molecule has 1 amide bonds. The number of hydrogen-bond donors (Lipinski definition) is 1. The van der Waals surface area contributed by atoms with Gasteiger partial charge in [0.25, 0.3) is 5.56 Å². The van der Waals surface area contributed by atoms with Gasteiger partial charge in [-0.25, -0.2) is 4.79 Å². The van der Waals surface area contributed by atoms with E-state index in [4.69, 9.17) is 0 Å². The molecule has 1 heterocycles. The number of hydrogen-bond acceptors (Lipinski definition) is 3. The third-order valence-electron chi connectivity index (χ3n) is 2.39. The minimum absolute atomic E-state index is 0.229. The van der Waals surface area contributed by atoms with Crippen molar-refractivity contribution in [1.82, 2.24) is 14.5 Å². The quantitative estimate of drug-likeness (QED) is 0.775. The highest BCUT2D eigenvalue weighted by Gasteiger charge is 2.10. The molecule has 1 N–H and O–H groups in total. The fourth-order valence-corrected chi connectivity index (χ4v) is 1.40. The zero-order valence-electron chi connectivity index (χ0n) is 10.3. The second-order valence-corrected chi connectivity index (χ2v) is 4.06. The molecule has 0 aliphatic rings. The standard InChI is InChI=1S/C11H17N3O3/c1-4-5-8-6-9(15)14(11(17)12-8)7-10(16)13(2)3/h6H,4-5,7H2,1-3H3,(H,12,17). The Labute approximate surface area is 98.9 Å². The van der Waals surface area contributed by atoms with Crippen LogP contribution in [0.25, 0.3) is 0 Å². The van der Waals surface area contributed by atoms with E-state index in [1.807, 2.05) is 6.92 Å². The topological polar surface area (TPSA) is 75.2 Å². The number of carbonyl (C=O) groups is 1. The monoisotopic (exact) mass is 239 g/mol. The van der Waals surface area contributed by atoms with Crippen molar-refractivity contribution < 1.29 is 4.79 Å². The largest absolute Gasteiger partial charge is 0.347 e. The summed E-state index contributed by atoms with van der Waals surface area (Å²) >= 11 is 0. The SMILES string of the molecule is CCCc1cc(=O)n(CC(=O)N(C)C)c(=O)[nH]1. The molecule has 0 saturated carbocycles. The Balaban J connectivity index is 3.07. The lowest BCUT2D eigenvalue weighted by Gasteiger charge is -2.11. The number of carbonyl (C=O) groups excluding carboxylic acids is 1. The lowest BCUT2D eigenvalue weighted by atomic mass is 10.2. The predicted octanol–water partition coefficient (Wildman–Crippen LogP) is -0.423. The molecule has 17 heavy (non-hydrogen) atoms. The van der Waals surface area contributed by atoms with E-state index in [2.05, 4.69) is 4.98 Å². The van der Waals surface area contributed by atoms with Crippen LogP contribution in [0.5, 0.6) is 0 Å². The molecular formula is C11H17N3O3. The van der Waals surface area contributed by atoms with Crippen LogP contribution in [0.2, 0.25) is 0 Å². The summed E-state index contributed by atoms with van der Waals surface area (Å²) in [5.74, 6) is -0.291. The Morgan fingerprint density at radius 2 is 2.06 bits per heavy atom. The highest BCUT2D eigenvalue weighted by molar-refractivity contribution is 5.75. The van der Waals surface area contributed by atoms with Crippen molar-refractivity contribution in [2.24, 2.45) is 0 Å². The molecule has 0 unspecified atom stereocenters. The maximum absolute atomic E-state index is 11.7. The van der Waals surface area contributed by atoms with Gasteiger partial charge in [-0.2, -0.15) is 0 Å². The van der Waals surface area contributed by atoms with Crippen LogP contribution >= 0.6 is 0 Å². The smallest absolute Gasteiger partial charge is 0.329 e. The zero-order valence-corrected chi connectivity index (χ0v) is 10.3. The third kappa shape index (κ3) is 3.30. The molecule has 0 bridgehead atoms. The summed E-state index contributed by atoms with van der Waals surface area (Å²) in [5, 5.41) is 0. The third-order valence-corrected chi connectivity index (χ3v) is 2.39. The number of aromatic amines is 1. The van der Waals surface area contributed by atoms with Crippen LogP contribution in [-0.2, 0) is 17.8 Å². The molecule has 1 rings (SSSR count). The summed E-state index contributed by atoms with van der Waals surface area (Å²) in [6, 6.07) is 1.37. The molecule has 0 aromatic carbocycles. The second-order valence-electron chi connectivity index (χ2n) is 4.06. The molecule has 1 aromatic heterocycles. The molecule has 0 saturated heterocycles. The first kappa shape index (κ1) is 13.2. The van der Waals surface area contributed by atoms with Crippen molar-refractivity contribution in [1.29, 1.82) is 0 Å². The summed E-state index contributed by atoms with van der Waals surface area (Å²) in [6.45, 7) is 1.73. The van der Waals surface area contributed by atoms with Gasteiger partial charge < -0.3 is 9.88 Å². The number of aromatic nitrogens is 2. The number of amides is 1. The van der Waals surface area contributed by atoms with Crippen molar-refractivity contribution in [3.8, 4) is 0 Å². The van der Waals surface area contributed by atoms with Crippen molar-refractivity contribution >= 4 is 5.91 Å². The van der Waals surface area contributed by atoms with E-state index in [1.54, 1.807) is 14.1 Å². The molecule has 1 aromatic rings. The zero-order chi connectivity index (χ0) is 13.0. The average Bonchev–Trinajstić information content (AvgIpc) is 2.23. The van der Waals surface area contributed by atoms with Crippen LogP contribution in [0.4, 0.5) is 0 Å². The summed E-state index contributed by atoms with van der Waals surface area (Å²) in [4.78, 5) is 38.7. The first-order chi connectivity index (χ1) is 7.95. The van der Waals surface area contributed by atoms with Crippen LogP contribution in [0.15, 0.2) is 15.7 Å². The Morgan fingerprint density at radius 3 is 2.53 bits per heavy atom. The van der Waals surface area contributed by atoms with Crippen LogP contribution < -0.4 is 11.2 Å². The number of likely N-dealkylation sites (N-methyl/N-ethyl adjacent to an activating group) is 1. The number of nitrogens with one attached hydrogen (secondary N) is 1. The maximum atomic E-state index is 11.7. The fourth-order valence-electron chi connectivity index (χ4n) is 1.40. The molecule has 0 fully saturated rings. The van der Waals surface area contributed by atoms with Crippen molar-refractivity contribution in [3.63, 3.8) is 0 Å². The Kier molecular flexibility index (Phi) is 4.25. The van der Waals surface area contributed by atoms with Crippen molar-refractivity contribution in [2.45, 2.75) is 26.3 Å². The molecule has 0 atom stereocenters. The van der Waals surface area contributed by atoms with Gasteiger partial charge >= 0.3 is 5.69 Å². The highest BCUT2D eigenvalue weighted by Crippen LogP contribution is 1.92. The van der Waals surface area contributed by atoms with Gasteiger partial charge in [-0.1, -0.05) is 13.3 Å². The Morgan fingerprint density at radius 1 is 1.41 bits per heavy atom.